The molecule has 0 fully saturated rings. The van der Waals surface area contributed by atoms with Gasteiger partial charge >= 0.3 is 0 Å². The molecule has 0 saturated carbocycles. The summed E-state index contributed by atoms with van der Waals surface area (Å²) in [5, 5.41) is 4.35. The molecule has 0 aliphatic rings. The molecule has 1 N–H and O–H groups in total. The highest BCUT2D eigenvalue weighted by Gasteiger charge is 2.30. The first-order chi connectivity index (χ1) is 16.4. The Labute approximate surface area is 219 Å². The van der Waals surface area contributed by atoms with E-state index in [1.165, 1.54) is 11.8 Å². The summed E-state index contributed by atoms with van der Waals surface area (Å²) in [5.41, 5.74) is 2.76. The van der Waals surface area contributed by atoms with Crippen molar-refractivity contribution in [2.45, 2.75) is 24.8 Å². The first kappa shape index (κ1) is 26.4. The topological polar surface area (TPSA) is 49.4 Å². The Morgan fingerprint density at radius 3 is 2.24 bits per heavy atom. The predicted octanol–water partition coefficient (Wildman–Crippen LogP) is 6.27. The van der Waals surface area contributed by atoms with Gasteiger partial charge in [-0.05, 0) is 41.0 Å². The third-order valence-corrected chi connectivity index (χ3v) is 7.11. The highest BCUT2D eigenvalue weighted by Crippen LogP contribution is 2.25. The van der Waals surface area contributed by atoms with Gasteiger partial charge in [0.2, 0.25) is 11.8 Å². The molecule has 0 heterocycles. The number of hydrogen-bond acceptors (Lipinski definition) is 3. The quantitative estimate of drug-likeness (QED) is 0.333. The zero-order chi connectivity index (χ0) is 24.5. The fourth-order valence-electron chi connectivity index (χ4n) is 3.47. The van der Waals surface area contributed by atoms with Crippen LogP contribution in [0.25, 0.3) is 0 Å². The average molecular weight is 536 g/mol. The van der Waals surface area contributed by atoms with Crippen molar-refractivity contribution in [2.75, 3.05) is 12.8 Å². The predicted molar refractivity (Wildman–Crippen MR) is 143 cm³/mol. The smallest absolute Gasteiger partial charge is 0.242 e. The molecule has 3 rings (SSSR count). The molecule has 3 aromatic rings. The lowest BCUT2D eigenvalue weighted by Gasteiger charge is -2.31. The van der Waals surface area contributed by atoms with E-state index in [0.717, 1.165) is 16.7 Å². The lowest BCUT2D eigenvalue weighted by molar-refractivity contribution is -0.139. The van der Waals surface area contributed by atoms with E-state index in [1.54, 1.807) is 30.1 Å². The second kappa shape index (κ2) is 13.1. The third kappa shape index (κ3) is 7.67. The molecule has 3 aromatic carbocycles. The summed E-state index contributed by atoms with van der Waals surface area (Å²) in [6, 6.07) is 21.6. The molecule has 0 radical (unpaired) electrons. The molecule has 0 bridgehead atoms. The molecule has 0 spiro atoms. The van der Waals surface area contributed by atoms with Crippen LogP contribution in [0.3, 0.4) is 0 Å². The normalized spacial score (nSPS) is 11.6. The van der Waals surface area contributed by atoms with Gasteiger partial charge in [-0.25, -0.2) is 0 Å². The van der Waals surface area contributed by atoms with Crippen LogP contribution in [0.4, 0.5) is 0 Å². The molecular formula is C26H25Cl3N2O2S. The second-order valence-corrected chi connectivity index (χ2v) is 9.96. The van der Waals surface area contributed by atoms with Gasteiger partial charge < -0.3 is 10.2 Å². The van der Waals surface area contributed by atoms with E-state index >= 15 is 0 Å². The molecule has 0 aliphatic carbocycles. The Morgan fingerprint density at radius 1 is 0.912 bits per heavy atom. The molecule has 0 aromatic heterocycles. The van der Waals surface area contributed by atoms with Gasteiger partial charge in [-0.1, -0.05) is 83.3 Å². The summed E-state index contributed by atoms with van der Waals surface area (Å²) in [4.78, 5) is 28.0. The number of thioether (sulfide) groups is 1. The van der Waals surface area contributed by atoms with Crippen molar-refractivity contribution in [1.29, 1.82) is 0 Å². The van der Waals surface area contributed by atoms with Crippen molar-refractivity contribution < 1.29 is 9.59 Å². The second-order valence-electron chi connectivity index (χ2n) is 7.70. The fraction of sp³-hybridized carbons (Fsp3) is 0.231. The van der Waals surface area contributed by atoms with E-state index in [-0.39, 0.29) is 24.1 Å². The largest absolute Gasteiger partial charge is 0.357 e. The van der Waals surface area contributed by atoms with Crippen LogP contribution >= 0.6 is 46.6 Å². The molecule has 2 amide bonds. The standard InChI is InChI=1S/C26H25Cl3N2O2S/c1-30-26(33)24(13-18-5-3-2-4-6-18)31(15-20-9-12-22(28)14-23(20)29)25(32)17-34-16-19-7-10-21(27)11-8-19/h2-12,14,24H,13,15-17H2,1H3,(H,30,33). The Bertz CT molecular complexity index is 1110. The Kier molecular flexibility index (Phi) is 10.1. The van der Waals surface area contributed by atoms with Gasteiger partial charge in [0, 0.05) is 40.8 Å². The van der Waals surface area contributed by atoms with Gasteiger partial charge in [0.25, 0.3) is 0 Å². The van der Waals surface area contributed by atoms with Crippen molar-refractivity contribution in [3.63, 3.8) is 0 Å². The highest BCUT2D eigenvalue weighted by atomic mass is 35.5. The van der Waals surface area contributed by atoms with Crippen molar-refractivity contribution in [1.82, 2.24) is 10.2 Å². The zero-order valence-electron chi connectivity index (χ0n) is 18.6. The van der Waals surface area contributed by atoms with Gasteiger partial charge in [-0.3, -0.25) is 9.59 Å². The molecule has 1 atom stereocenters. The van der Waals surface area contributed by atoms with Crippen LogP contribution in [0.2, 0.25) is 15.1 Å². The van der Waals surface area contributed by atoms with E-state index in [0.29, 0.717) is 27.2 Å². The first-order valence-electron chi connectivity index (χ1n) is 10.7. The first-order valence-corrected chi connectivity index (χ1v) is 13.0. The third-order valence-electron chi connectivity index (χ3n) is 5.28. The summed E-state index contributed by atoms with van der Waals surface area (Å²) in [7, 11) is 1.58. The summed E-state index contributed by atoms with van der Waals surface area (Å²) in [6.45, 7) is 0.196. The van der Waals surface area contributed by atoms with Crippen LogP contribution in [0.15, 0.2) is 72.8 Å². The number of carbonyl (C=O) groups is 2. The van der Waals surface area contributed by atoms with Gasteiger partial charge in [-0.2, -0.15) is 0 Å². The Balaban J connectivity index is 1.83. The monoisotopic (exact) mass is 534 g/mol. The highest BCUT2D eigenvalue weighted by molar-refractivity contribution is 7.99. The maximum Gasteiger partial charge on any atom is 0.242 e. The number of amides is 2. The van der Waals surface area contributed by atoms with Crippen molar-refractivity contribution >= 4 is 58.4 Å². The lowest BCUT2D eigenvalue weighted by atomic mass is 10.0. The number of benzene rings is 3. The van der Waals surface area contributed by atoms with Crippen molar-refractivity contribution in [3.05, 3.63) is 105 Å². The van der Waals surface area contributed by atoms with Crippen molar-refractivity contribution in [2.24, 2.45) is 0 Å². The number of nitrogens with one attached hydrogen (secondary N) is 1. The van der Waals surface area contributed by atoms with Crippen molar-refractivity contribution in [3.8, 4) is 0 Å². The van der Waals surface area contributed by atoms with Crippen LogP contribution < -0.4 is 5.32 Å². The fourth-order valence-corrected chi connectivity index (χ4v) is 4.94. The molecule has 178 valence electrons. The average Bonchev–Trinajstić information content (AvgIpc) is 2.83. The van der Waals surface area contributed by atoms with Gasteiger partial charge in [0.1, 0.15) is 6.04 Å². The number of nitrogens with zero attached hydrogens (tertiary/aromatic N) is 1. The number of rotatable bonds is 10. The maximum absolute atomic E-state index is 13.5. The van der Waals surface area contributed by atoms with E-state index in [1.807, 2.05) is 54.6 Å². The molecule has 8 heteroatoms. The van der Waals surface area contributed by atoms with Crippen LogP contribution in [0.1, 0.15) is 16.7 Å². The van der Waals surface area contributed by atoms with Crippen LogP contribution in [0, 0.1) is 0 Å². The SMILES string of the molecule is CNC(=O)C(Cc1ccccc1)N(Cc1ccc(Cl)cc1Cl)C(=O)CSCc1ccc(Cl)cc1. The lowest BCUT2D eigenvalue weighted by Crippen LogP contribution is -2.50. The molecular weight excluding hydrogens is 511 g/mol. The summed E-state index contributed by atoms with van der Waals surface area (Å²) >= 11 is 19.9. The van der Waals surface area contributed by atoms with Gasteiger partial charge in [0.05, 0.1) is 5.75 Å². The van der Waals surface area contributed by atoms with E-state index in [2.05, 4.69) is 5.32 Å². The molecule has 1 unspecified atom stereocenters. The molecule has 0 saturated heterocycles. The van der Waals surface area contributed by atoms with Crippen LogP contribution in [-0.2, 0) is 28.3 Å². The number of halogens is 3. The maximum atomic E-state index is 13.5. The van der Waals surface area contributed by atoms with E-state index < -0.39 is 6.04 Å². The minimum Gasteiger partial charge on any atom is -0.357 e. The Hall–Kier alpha value is -2.18. The Morgan fingerprint density at radius 2 is 1.59 bits per heavy atom. The molecule has 0 aliphatic heterocycles. The van der Waals surface area contributed by atoms with E-state index in [9.17, 15) is 9.59 Å². The number of likely N-dealkylation sites (N-methyl/N-ethyl adjacent to an activating group) is 1. The van der Waals surface area contributed by atoms with Gasteiger partial charge in [0.15, 0.2) is 0 Å². The summed E-state index contributed by atoms with van der Waals surface area (Å²) in [6.07, 6.45) is 0.388. The zero-order valence-corrected chi connectivity index (χ0v) is 21.7. The van der Waals surface area contributed by atoms with E-state index in [4.69, 9.17) is 34.8 Å². The number of hydrogen-bond donors (Lipinski definition) is 1. The minimum atomic E-state index is -0.692. The molecule has 34 heavy (non-hydrogen) atoms. The van der Waals surface area contributed by atoms with Gasteiger partial charge in [-0.15, -0.1) is 11.8 Å². The van der Waals surface area contributed by atoms with Crippen LogP contribution in [0.5, 0.6) is 0 Å². The molecule has 4 nitrogen and oxygen atoms in total. The summed E-state index contributed by atoms with van der Waals surface area (Å²) in [5.74, 6) is 0.497. The number of carbonyl (C=O) groups excluding carboxylic acids is 2. The van der Waals surface area contributed by atoms with Crippen LogP contribution in [-0.4, -0.2) is 35.6 Å². The summed E-state index contributed by atoms with van der Waals surface area (Å²) < 4.78 is 0. The minimum absolute atomic E-state index is 0.144.